The number of nitrogens with zero attached hydrogens (tertiary/aromatic N) is 6. The zero-order valence-corrected chi connectivity index (χ0v) is 70.6. The molecule has 17 rings (SSSR count). The van der Waals surface area contributed by atoms with Gasteiger partial charge in [0.05, 0.1) is 134 Å². The fourth-order valence-electron chi connectivity index (χ4n) is 16.0. The Morgan fingerprint density at radius 1 is 0.415 bits per heavy atom. The number of carbonyl (C=O) groups is 5. The minimum absolute atomic E-state index is 0.000652. The van der Waals surface area contributed by atoms with Crippen molar-refractivity contribution >= 4 is 103 Å². The quantitative estimate of drug-likeness (QED) is 0.0132. The number of morpholine rings is 3. The van der Waals surface area contributed by atoms with Crippen molar-refractivity contribution < 1.29 is 117 Å². The first-order chi connectivity index (χ1) is 59.7. The summed E-state index contributed by atoms with van der Waals surface area (Å²) in [4.78, 5) is 128. The minimum Gasteiger partial charge on any atom is -0.504 e. The number of fused-ring (bicyclic) bond motifs is 15. The lowest BCUT2D eigenvalue weighted by Gasteiger charge is -2.26. The number of pyridine rings is 3. The molecule has 0 amide bonds. The van der Waals surface area contributed by atoms with Gasteiger partial charge in [-0.05, 0) is 137 Å². The van der Waals surface area contributed by atoms with Crippen LogP contribution in [0.15, 0.2) is 87.2 Å². The molecule has 5 saturated heterocycles. The largest absolute Gasteiger partial charge is 0.514 e. The lowest BCUT2D eigenvalue weighted by atomic mass is 9.97. The number of rotatable bonds is 24. The number of phenolic OH excluding ortho intramolecular Hbond substituents is 2. The number of ketones is 3. The van der Waals surface area contributed by atoms with E-state index in [1.54, 1.807) is 68.3 Å². The first-order valence-electron chi connectivity index (χ1n) is 39.9. The SMILES string of the molecule is C1CS1.COc1cc2c(cc1O)C(=O)c1c-2n(CCCN2CCOCC2)c(=O)c2cc(CO)c(CO)cc12.COc1cc2c(cc1O)C(=O)c1c-2n(CCCN2CCOCC2)c(=O)c2cc(CO)c(CO)cc12.COc1cc2c(cc1OC(=O)OCCS)C(=O)c1c-2n(CCCN2CCOCC2)c(=O)c2cc(CO)c(CO)cc12.O=C1OCCS1.O=C=O. The lowest BCUT2D eigenvalue weighted by Crippen LogP contribution is -2.37. The van der Waals surface area contributed by atoms with Gasteiger partial charge in [0.25, 0.3) is 16.7 Å². The second-order valence-corrected chi connectivity index (χ2v) is 31.9. The van der Waals surface area contributed by atoms with Gasteiger partial charge in [-0.1, -0.05) is 0 Å². The number of benzene rings is 6. The zero-order valence-electron chi connectivity index (χ0n) is 68.0. The van der Waals surface area contributed by atoms with E-state index in [2.05, 4.69) is 32.1 Å². The van der Waals surface area contributed by atoms with Crippen LogP contribution in [0.1, 0.15) is 100 Å². The van der Waals surface area contributed by atoms with E-state index in [9.17, 15) is 79.2 Å². The highest BCUT2D eigenvalue weighted by Crippen LogP contribution is 2.49. The monoisotopic (exact) mass is 1750 g/mol. The summed E-state index contributed by atoms with van der Waals surface area (Å²) in [5, 5.41) is 81.7. The first-order valence-corrected chi connectivity index (χ1v) is 42.7. The molecule has 5 fully saturated rings. The molecule has 33 nitrogen and oxygen atoms in total. The molecule has 0 bridgehead atoms. The Kier molecular flexibility index (Phi) is 32.0. The highest BCUT2D eigenvalue weighted by molar-refractivity contribution is 8.13. The van der Waals surface area contributed by atoms with Crippen molar-refractivity contribution in [3.8, 4) is 68.3 Å². The van der Waals surface area contributed by atoms with Crippen LogP contribution < -0.4 is 35.6 Å². The molecule has 0 atom stereocenters. The molecule has 654 valence electrons. The number of aromatic nitrogens is 3. The second-order valence-electron chi connectivity index (χ2n) is 29.2. The summed E-state index contributed by atoms with van der Waals surface area (Å²) in [5.41, 5.74) is 6.57. The number of ether oxygens (including phenoxy) is 9. The van der Waals surface area contributed by atoms with Gasteiger partial charge in [-0.15, -0.1) is 0 Å². The van der Waals surface area contributed by atoms with E-state index in [-0.39, 0.29) is 137 Å². The van der Waals surface area contributed by atoms with Gasteiger partial charge in [0.2, 0.25) is 0 Å². The molecule has 0 spiro atoms. The van der Waals surface area contributed by atoms with Gasteiger partial charge in [0.15, 0.2) is 51.8 Å². The molecule has 123 heavy (non-hydrogen) atoms. The van der Waals surface area contributed by atoms with Gasteiger partial charge in [-0.25, -0.2) is 9.59 Å². The summed E-state index contributed by atoms with van der Waals surface area (Å²) in [7, 11) is 4.27. The average molecular weight is 1750 g/mol. The molecule has 8 heterocycles. The third kappa shape index (κ3) is 20.2. The molecular formula is C87H96N6O27S3. The number of aromatic hydroxyl groups is 2. The summed E-state index contributed by atoms with van der Waals surface area (Å²) < 4.78 is 51.9. The molecular weight excluding hydrogens is 1660 g/mol. The molecule has 0 radical (unpaired) electrons. The van der Waals surface area contributed by atoms with Crippen LogP contribution in [-0.2, 0) is 92.5 Å². The molecule has 8 aliphatic rings. The Balaban J connectivity index is 0.000000158. The van der Waals surface area contributed by atoms with E-state index in [0.717, 1.165) is 64.7 Å². The summed E-state index contributed by atoms with van der Waals surface area (Å²) in [6.45, 7) is 11.1. The van der Waals surface area contributed by atoms with E-state index in [0.29, 0.717) is 213 Å². The lowest BCUT2D eigenvalue weighted by molar-refractivity contribution is -0.191. The van der Waals surface area contributed by atoms with Crippen LogP contribution in [-0.4, -0.2) is 260 Å². The van der Waals surface area contributed by atoms with Crippen LogP contribution in [0.25, 0.3) is 66.1 Å². The van der Waals surface area contributed by atoms with Gasteiger partial charge in [0, 0.05) is 167 Å². The predicted molar refractivity (Wildman–Crippen MR) is 457 cm³/mol. The fraction of sp³-hybridized carbons (Fsp3) is 0.414. The summed E-state index contributed by atoms with van der Waals surface area (Å²) >= 11 is 7.25. The second kappa shape index (κ2) is 42.8. The van der Waals surface area contributed by atoms with E-state index in [1.807, 2.05) is 11.8 Å². The molecule has 0 saturated carbocycles. The van der Waals surface area contributed by atoms with Gasteiger partial charge >= 0.3 is 17.6 Å². The van der Waals surface area contributed by atoms with Crippen molar-refractivity contribution in [1.29, 1.82) is 0 Å². The molecule has 3 aromatic heterocycles. The van der Waals surface area contributed by atoms with Crippen LogP contribution in [0.2, 0.25) is 0 Å². The predicted octanol–water partition coefficient (Wildman–Crippen LogP) is 6.66. The smallest absolute Gasteiger partial charge is 0.504 e. The van der Waals surface area contributed by atoms with Gasteiger partial charge < -0.3 is 97.2 Å². The normalized spacial score (nSPS) is 15.4. The van der Waals surface area contributed by atoms with Crippen LogP contribution in [0.3, 0.4) is 0 Å². The minimum atomic E-state index is -0.963. The van der Waals surface area contributed by atoms with Crippen molar-refractivity contribution in [2.45, 2.75) is 78.5 Å². The molecule has 5 aliphatic heterocycles. The molecule has 0 unspecified atom stereocenters. The summed E-state index contributed by atoms with van der Waals surface area (Å²) in [5.74, 6) is 3.31. The van der Waals surface area contributed by atoms with Crippen LogP contribution in [0, 0.1) is 0 Å². The van der Waals surface area contributed by atoms with Gasteiger partial charge in [-0.2, -0.15) is 34.0 Å². The number of aliphatic hydroxyl groups excluding tert-OH is 6. The molecule has 3 aliphatic carbocycles. The number of hydrogen-bond acceptors (Lipinski definition) is 33. The fourth-order valence-corrected chi connectivity index (χ4v) is 16.6. The Morgan fingerprint density at radius 3 is 0.984 bits per heavy atom. The number of hydrogen-bond donors (Lipinski definition) is 9. The third-order valence-electron chi connectivity index (χ3n) is 22.0. The Morgan fingerprint density at radius 2 is 0.715 bits per heavy atom. The van der Waals surface area contributed by atoms with Gasteiger partial charge in [-0.3, -0.25) is 43.5 Å². The van der Waals surface area contributed by atoms with Crippen LogP contribution >= 0.6 is 36.2 Å². The average Bonchev–Trinajstić information content (AvgIpc) is 1.58. The van der Waals surface area contributed by atoms with Crippen molar-refractivity contribution in [3.63, 3.8) is 0 Å². The standard InChI is InChI=1S/C29H32N2O9S.2C26H28N2O7.C3H4O2S.C2H4S.CO2/c1-37-23-13-20-21(14-24(23)40-29(36)39-9-10-41)27(34)25-19-11-17(15-32)18(16-33)12-22(19)28(35)31(26(20)25)4-2-3-30-5-7-38-8-6-30;2*1-34-22-12-18-19(11-21(22)31)25(32)23-17-9-15(13-29)16(14-30)10-20(17)26(33)28(24(18)23)4-2-3-27-5-7-35-8-6-27;4-3-5-1-2-6-3;1-2-3-1;2-1-3/h11-14,32-33,41H,2-10,15-16H2,1H3;2*9-12,29-31H,2-8,13-14H2,1H3;1-2H2;1-2H2;. The van der Waals surface area contributed by atoms with Crippen molar-refractivity contribution in [2.24, 2.45) is 0 Å². The highest BCUT2D eigenvalue weighted by Gasteiger charge is 2.39. The van der Waals surface area contributed by atoms with Crippen LogP contribution in [0.5, 0.6) is 34.5 Å². The Labute approximate surface area is 718 Å². The maximum absolute atomic E-state index is 14.0. The van der Waals surface area contributed by atoms with Crippen molar-refractivity contribution in [1.82, 2.24) is 28.4 Å². The number of cyclic esters (lactones) is 1. The molecule has 8 N–H and O–H groups in total. The Bertz CT molecular complexity index is 5490. The topological polar surface area (TPSA) is 440 Å². The number of carbonyl (C=O) groups excluding carboxylic acids is 7. The van der Waals surface area contributed by atoms with Crippen molar-refractivity contribution in [3.05, 3.63) is 171 Å². The third-order valence-corrected chi connectivity index (χ3v) is 23.3. The zero-order chi connectivity index (χ0) is 87.7. The van der Waals surface area contributed by atoms with E-state index in [1.165, 1.54) is 62.8 Å². The molecule has 6 aromatic carbocycles. The number of aliphatic hydroxyl groups is 6. The summed E-state index contributed by atoms with van der Waals surface area (Å²) in [6, 6.07) is 18.4. The first kappa shape index (κ1) is 91.8. The van der Waals surface area contributed by atoms with Crippen molar-refractivity contribution in [2.75, 3.05) is 156 Å². The summed E-state index contributed by atoms with van der Waals surface area (Å²) in [6.07, 6.45) is 1.32. The highest BCUT2D eigenvalue weighted by atomic mass is 32.2. The maximum Gasteiger partial charge on any atom is 0.514 e. The number of phenols is 2. The van der Waals surface area contributed by atoms with Crippen LogP contribution in [0.4, 0.5) is 9.59 Å². The van der Waals surface area contributed by atoms with Gasteiger partial charge in [0.1, 0.15) is 13.2 Å². The number of thioether (sulfide) groups is 2. The molecule has 36 heteroatoms. The number of methoxy groups -OCH3 is 3. The van der Waals surface area contributed by atoms with E-state index >= 15 is 0 Å². The van der Waals surface area contributed by atoms with E-state index < -0.39 is 6.16 Å². The van der Waals surface area contributed by atoms with E-state index in [4.69, 9.17) is 47.5 Å². The maximum atomic E-state index is 14.0. The Hall–Kier alpha value is -10.3. The molecule has 9 aromatic rings. The number of thiol groups is 1.